The van der Waals surface area contributed by atoms with E-state index in [1.165, 1.54) is 12.1 Å². The van der Waals surface area contributed by atoms with Gasteiger partial charge >= 0.3 is 12.3 Å². The minimum absolute atomic E-state index is 0.132. The summed E-state index contributed by atoms with van der Waals surface area (Å²) in [5.41, 5.74) is 0.396. The summed E-state index contributed by atoms with van der Waals surface area (Å²) < 4.78 is 40.3. The van der Waals surface area contributed by atoms with E-state index in [9.17, 15) is 22.8 Å². The summed E-state index contributed by atoms with van der Waals surface area (Å²) in [5.74, 6) is -1.69. The second-order valence-corrected chi connectivity index (χ2v) is 5.80. The second-order valence-electron chi connectivity index (χ2n) is 5.80. The quantitative estimate of drug-likeness (QED) is 0.732. The molecule has 1 aromatic carbocycles. The molecule has 0 heterocycles. The van der Waals surface area contributed by atoms with Crippen molar-refractivity contribution < 1.29 is 32.6 Å². The fourth-order valence-electron chi connectivity index (χ4n) is 2.69. The van der Waals surface area contributed by atoms with Crippen molar-refractivity contribution in [3.63, 3.8) is 0 Å². The Morgan fingerprint density at radius 1 is 1.28 bits per heavy atom. The summed E-state index contributed by atoms with van der Waals surface area (Å²) in [6.07, 6.45) is 0.817. The van der Waals surface area contributed by atoms with Gasteiger partial charge in [0.15, 0.2) is 0 Å². The zero-order valence-corrected chi connectivity index (χ0v) is 13.3. The highest BCUT2D eigenvalue weighted by Crippen LogP contribution is 2.26. The Bertz CT molecular complexity index is 640. The Labute approximate surface area is 142 Å². The van der Waals surface area contributed by atoms with Crippen molar-refractivity contribution in [1.82, 2.24) is 5.32 Å². The monoisotopic (exact) mass is 357 g/mol. The molecule has 2 atom stereocenters. The van der Waals surface area contributed by atoms with Gasteiger partial charge in [-0.1, -0.05) is 24.3 Å². The molecule has 1 aliphatic carbocycles. The second kappa shape index (κ2) is 8.04. The number of carbonyl (C=O) groups is 2. The number of ether oxygens (including phenoxy) is 1. The summed E-state index contributed by atoms with van der Waals surface area (Å²) in [6.45, 7) is 0. The van der Waals surface area contributed by atoms with Crippen molar-refractivity contribution in [1.29, 1.82) is 0 Å². The van der Waals surface area contributed by atoms with Gasteiger partial charge in [0.25, 0.3) is 0 Å². The van der Waals surface area contributed by atoms with E-state index in [4.69, 9.17) is 5.11 Å². The molecule has 8 heteroatoms. The zero-order valence-electron chi connectivity index (χ0n) is 13.3. The zero-order chi connectivity index (χ0) is 18.4. The van der Waals surface area contributed by atoms with Crippen LogP contribution in [0, 0.1) is 5.92 Å². The Kier molecular flexibility index (Phi) is 6.06. The molecule has 2 unspecified atom stereocenters. The van der Waals surface area contributed by atoms with Gasteiger partial charge in [0.1, 0.15) is 5.75 Å². The highest BCUT2D eigenvalue weighted by atomic mass is 19.4. The van der Waals surface area contributed by atoms with Crippen LogP contribution in [-0.2, 0) is 9.59 Å². The van der Waals surface area contributed by atoms with Gasteiger partial charge in [-0.3, -0.25) is 9.59 Å². The van der Waals surface area contributed by atoms with Crippen LogP contribution in [0.3, 0.4) is 0 Å². The van der Waals surface area contributed by atoms with Gasteiger partial charge in [0.05, 0.1) is 12.5 Å². The maximum Gasteiger partial charge on any atom is 0.573 e. The molecule has 25 heavy (non-hydrogen) atoms. The van der Waals surface area contributed by atoms with Crippen molar-refractivity contribution >= 4 is 11.9 Å². The average molecular weight is 357 g/mol. The normalized spacial score (nSPS) is 18.0. The van der Waals surface area contributed by atoms with Crippen LogP contribution in [0.15, 0.2) is 36.4 Å². The summed E-state index contributed by atoms with van der Waals surface area (Å²) in [7, 11) is 0. The molecule has 0 saturated carbocycles. The smallest absolute Gasteiger partial charge is 0.481 e. The van der Waals surface area contributed by atoms with Gasteiger partial charge in [-0.15, -0.1) is 13.2 Å². The average Bonchev–Trinajstić information content (AvgIpc) is 2.98. The van der Waals surface area contributed by atoms with E-state index in [1.54, 1.807) is 0 Å². The largest absolute Gasteiger partial charge is 0.573 e. The molecule has 2 rings (SSSR count). The Morgan fingerprint density at radius 2 is 1.96 bits per heavy atom. The van der Waals surface area contributed by atoms with Gasteiger partial charge in [-0.2, -0.15) is 0 Å². The van der Waals surface area contributed by atoms with Gasteiger partial charge < -0.3 is 15.2 Å². The summed E-state index contributed by atoms with van der Waals surface area (Å²) in [6, 6.07) is 3.97. The lowest BCUT2D eigenvalue weighted by Crippen LogP contribution is -2.31. The van der Waals surface area contributed by atoms with Crippen LogP contribution in [0.5, 0.6) is 5.75 Å². The molecule has 1 aliphatic rings. The molecule has 0 aliphatic heterocycles. The van der Waals surface area contributed by atoms with E-state index in [0.29, 0.717) is 5.56 Å². The molecule has 0 bridgehead atoms. The van der Waals surface area contributed by atoms with Gasteiger partial charge in [-0.05, 0) is 36.5 Å². The minimum atomic E-state index is -4.80. The van der Waals surface area contributed by atoms with Crippen molar-refractivity contribution in [2.45, 2.75) is 38.1 Å². The first-order valence-corrected chi connectivity index (χ1v) is 7.76. The lowest BCUT2D eigenvalue weighted by atomic mass is 10.0. The Morgan fingerprint density at radius 3 is 2.48 bits per heavy atom. The SMILES string of the molecule is O=C(O)CC(NC(=O)CC1C=CCC1)c1ccc(OC(F)(F)F)cc1. The fraction of sp³-hybridized carbons (Fsp3) is 0.412. The van der Waals surface area contributed by atoms with Crippen molar-refractivity contribution in [3.8, 4) is 5.75 Å². The van der Waals surface area contributed by atoms with Crippen molar-refractivity contribution in [2.75, 3.05) is 0 Å². The molecule has 1 amide bonds. The number of halogens is 3. The third kappa shape index (κ3) is 6.48. The van der Waals surface area contributed by atoms with E-state index in [2.05, 4.69) is 10.1 Å². The molecule has 2 N–H and O–H groups in total. The van der Waals surface area contributed by atoms with Crippen LogP contribution in [0.1, 0.15) is 37.3 Å². The van der Waals surface area contributed by atoms with Crippen LogP contribution in [-0.4, -0.2) is 23.3 Å². The predicted molar refractivity (Wildman–Crippen MR) is 82.7 cm³/mol. The number of nitrogens with one attached hydrogen (secondary N) is 1. The Balaban J connectivity index is 2.04. The molecule has 5 nitrogen and oxygen atoms in total. The first-order valence-electron chi connectivity index (χ1n) is 7.76. The lowest BCUT2D eigenvalue weighted by molar-refractivity contribution is -0.274. The van der Waals surface area contributed by atoms with E-state index in [-0.39, 0.29) is 24.7 Å². The molecule has 0 saturated heterocycles. The van der Waals surface area contributed by atoms with Crippen LogP contribution < -0.4 is 10.1 Å². The number of allylic oxidation sites excluding steroid dienone is 2. The summed E-state index contributed by atoms with van der Waals surface area (Å²) in [5, 5.41) is 11.7. The standard InChI is InChI=1S/C17H18F3NO4/c18-17(19,20)25-13-7-5-12(6-8-13)14(10-16(23)24)21-15(22)9-11-3-1-2-4-11/h1,3,5-8,11,14H,2,4,9-10H2,(H,21,22)(H,23,24). The first kappa shape index (κ1) is 18.8. The number of carboxylic acids is 1. The predicted octanol–water partition coefficient (Wildman–Crippen LogP) is 3.57. The van der Waals surface area contributed by atoms with E-state index in [0.717, 1.165) is 25.0 Å². The molecular weight excluding hydrogens is 339 g/mol. The van der Waals surface area contributed by atoms with Crippen molar-refractivity contribution in [3.05, 3.63) is 42.0 Å². The molecule has 136 valence electrons. The Hall–Kier alpha value is -2.51. The minimum Gasteiger partial charge on any atom is -0.481 e. The third-order valence-electron chi connectivity index (χ3n) is 3.79. The number of rotatable bonds is 7. The number of amides is 1. The number of benzene rings is 1. The number of hydrogen-bond acceptors (Lipinski definition) is 3. The first-order chi connectivity index (χ1) is 11.7. The summed E-state index contributed by atoms with van der Waals surface area (Å²) >= 11 is 0. The molecule has 0 fully saturated rings. The van der Waals surface area contributed by atoms with E-state index >= 15 is 0 Å². The fourth-order valence-corrected chi connectivity index (χ4v) is 2.69. The number of alkyl halides is 3. The number of aliphatic carboxylic acids is 1. The van der Waals surface area contributed by atoms with Crippen LogP contribution in [0.4, 0.5) is 13.2 Å². The van der Waals surface area contributed by atoms with Gasteiger partial charge in [-0.25, -0.2) is 0 Å². The maximum atomic E-state index is 12.2. The van der Waals surface area contributed by atoms with Crippen LogP contribution in [0.25, 0.3) is 0 Å². The summed E-state index contributed by atoms with van der Waals surface area (Å²) in [4.78, 5) is 23.1. The van der Waals surface area contributed by atoms with E-state index in [1.807, 2.05) is 12.2 Å². The van der Waals surface area contributed by atoms with Crippen LogP contribution in [0.2, 0.25) is 0 Å². The topological polar surface area (TPSA) is 75.6 Å². The van der Waals surface area contributed by atoms with Crippen LogP contribution >= 0.6 is 0 Å². The molecule has 0 radical (unpaired) electrons. The number of hydrogen-bond donors (Lipinski definition) is 2. The van der Waals surface area contributed by atoms with Gasteiger partial charge in [0, 0.05) is 6.42 Å². The van der Waals surface area contributed by atoms with Gasteiger partial charge in [0.2, 0.25) is 5.91 Å². The number of carboxylic acid groups (broad SMARTS) is 1. The third-order valence-corrected chi connectivity index (χ3v) is 3.79. The maximum absolute atomic E-state index is 12.2. The highest BCUT2D eigenvalue weighted by Gasteiger charge is 2.31. The molecule has 0 aromatic heterocycles. The number of carbonyl (C=O) groups excluding carboxylic acids is 1. The highest BCUT2D eigenvalue weighted by molar-refractivity contribution is 5.78. The van der Waals surface area contributed by atoms with Crippen molar-refractivity contribution in [2.24, 2.45) is 5.92 Å². The lowest BCUT2D eigenvalue weighted by Gasteiger charge is -2.19. The molecule has 0 spiro atoms. The van der Waals surface area contributed by atoms with E-state index < -0.39 is 24.1 Å². The molecule has 1 aromatic rings. The molecular formula is C17H18F3NO4.